The van der Waals surface area contributed by atoms with E-state index in [2.05, 4.69) is 20.2 Å². The van der Waals surface area contributed by atoms with E-state index in [1.165, 1.54) is 12.1 Å². The van der Waals surface area contributed by atoms with E-state index >= 15 is 0 Å². The third kappa shape index (κ3) is 3.43. The second-order valence-corrected chi connectivity index (χ2v) is 6.47. The Kier molecular flexibility index (Phi) is 4.62. The number of fused-ring (bicyclic) bond motifs is 1. The van der Waals surface area contributed by atoms with Crippen LogP contribution in [0.5, 0.6) is 0 Å². The van der Waals surface area contributed by atoms with E-state index in [0.717, 1.165) is 31.5 Å². The molecule has 1 atom stereocenters. The number of likely N-dealkylation sites (tertiary alicyclic amines) is 1. The second-order valence-electron chi connectivity index (χ2n) is 6.47. The predicted molar refractivity (Wildman–Crippen MR) is 95.3 cm³/mol. The summed E-state index contributed by atoms with van der Waals surface area (Å²) in [6, 6.07) is 8.33. The van der Waals surface area contributed by atoms with E-state index in [9.17, 15) is 9.18 Å². The van der Waals surface area contributed by atoms with Crippen molar-refractivity contribution < 1.29 is 9.18 Å². The van der Waals surface area contributed by atoms with Crippen molar-refractivity contribution in [1.29, 1.82) is 0 Å². The Morgan fingerprint density at radius 2 is 2.00 bits per heavy atom. The molecule has 1 aliphatic heterocycles. The van der Waals surface area contributed by atoms with Crippen LogP contribution in [-0.2, 0) is 0 Å². The second kappa shape index (κ2) is 7.21. The van der Waals surface area contributed by atoms with Crippen LogP contribution in [0.25, 0.3) is 5.78 Å². The zero-order valence-corrected chi connectivity index (χ0v) is 14.3. The van der Waals surface area contributed by atoms with E-state index in [4.69, 9.17) is 0 Å². The molecule has 1 fully saturated rings. The van der Waals surface area contributed by atoms with Gasteiger partial charge in [-0.15, -0.1) is 0 Å². The number of hydrogen-bond donors (Lipinski definition) is 1. The van der Waals surface area contributed by atoms with Gasteiger partial charge in [-0.05, 0) is 49.7 Å². The van der Waals surface area contributed by atoms with Gasteiger partial charge in [-0.25, -0.2) is 14.4 Å². The van der Waals surface area contributed by atoms with E-state index in [0.29, 0.717) is 18.0 Å². The smallest absolute Gasteiger partial charge is 0.271 e. The molecule has 2 aromatic heterocycles. The highest BCUT2D eigenvalue weighted by Gasteiger charge is 2.24. The number of hydrogen-bond acceptors (Lipinski definition) is 4. The van der Waals surface area contributed by atoms with Crippen LogP contribution >= 0.6 is 0 Å². The molecule has 0 radical (unpaired) electrons. The number of amides is 1. The van der Waals surface area contributed by atoms with Crippen molar-refractivity contribution in [2.24, 2.45) is 0 Å². The molecule has 0 unspecified atom stereocenters. The number of nitrogens with one attached hydrogen (secondary N) is 1. The van der Waals surface area contributed by atoms with Crippen molar-refractivity contribution in [3.63, 3.8) is 0 Å². The molecule has 1 saturated heterocycles. The van der Waals surface area contributed by atoms with Crippen LogP contribution in [0.15, 0.2) is 48.9 Å². The first-order valence-corrected chi connectivity index (χ1v) is 8.78. The maximum Gasteiger partial charge on any atom is 0.271 e. The highest BCUT2D eigenvalue weighted by Crippen LogP contribution is 2.25. The fourth-order valence-corrected chi connectivity index (χ4v) is 3.42. The topological polar surface area (TPSA) is 62.5 Å². The minimum absolute atomic E-state index is 0.0252. The maximum absolute atomic E-state index is 13.3. The molecule has 7 heteroatoms. The monoisotopic (exact) mass is 353 g/mol. The SMILES string of the molecule is O=C(NC[C@H](c1ccc(F)cc1)N1CCCC1)c1cn2cccnc2n1. The molecule has 1 aliphatic rings. The van der Waals surface area contributed by atoms with Gasteiger partial charge in [-0.2, -0.15) is 0 Å². The summed E-state index contributed by atoms with van der Waals surface area (Å²) >= 11 is 0. The Morgan fingerprint density at radius 3 is 2.73 bits per heavy atom. The summed E-state index contributed by atoms with van der Waals surface area (Å²) in [5, 5.41) is 2.97. The summed E-state index contributed by atoms with van der Waals surface area (Å²) in [5.41, 5.74) is 1.34. The number of carbonyl (C=O) groups is 1. The van der Waals surface area contributed by atoms with Crippen LogP contribution in [0.3, 0.4) is 0 Å². The Bertz CT molecular complexity index is 869. The highest BCUT2D eigenvalue weighted by atomic mass is 19.1. The summed E-state index contributed by atoms with van der Waals surface area (Å²) < 4.78 is 15.0. The lowest BCUT2D eigenvalue weighted by molar-refractivity contribution is 0.0933. The quantitative estimate of drug-likeness (QED) is 0.765. The fraction of sp³-hybridized carbons (Fsp3) is 0.316. The van der Waals surface area contributed by atoms with Gasteiger partial charge >= 0.3 is 0 Å². The average Bonchev–Trinajstić information content (AvgIpc) is 3.33. The normalized spacial score (nSPS) is 16.0. The van der Waals surface area contributed by atoms with E-state index in [1.807, 2.05) is 0 Å². The molecule has 134 valence electrons. The zero-order valence-electron chi connectivity index (χ0n) is 14.3. The number of aromatic nitrogens is 3. The van der Waals surface area contributed by atoms with Crippen molar-refractivity contribution in [3.05, 3.63) is 66.0 Å². The van der Waals surface area contributed by atoms with Crippen LogP contribution < -0.4 is 5.32 Å². The molecule has 3 aromatic rings. The highest BCUT2D eigenvalue weighted by molar-refractivity contribution is 5.92. The van der Waals surface area contributed by atoms with Crippen molar-refractivity contribution >= 4 is 11.7 Å². The molecule has 1 N–H and O–H groups in total. The van der Waals surface area contributed by atoms with Crippen LogP contribution in [-0.4, -0.2) is 44.8 Å². The summed E-state index contributed by atoms with van der Waals surface area (Å²) in [6.45, 7) is 2.41. The van der Waals surface area contributed by atoms with Gasteiger partial charge in [0.15, 0.2) is 0 Å². The first kappa shape index (κ1) is 16.7. The van der Waals surface area contributed by atoms with E-state index < -0.39 is 0 Å². The largest absolute Gasteiger partial charge is 0.349 e. The molecular formula is C19H20FN5O. The van der Waals surface area contributed by atoms with Gasteiger partial charge in [-0.3, -0.25) is 14.1 Å². The average molecular weight is 353 g/mol. The lowest BCUT2D eigenvalue weighted by Gasteiger charge is -2.28. The molecule has 3 heterocycles. The number of rotatable bonds is 5. The Hall–Kier alpha value is -2.80. The van der Waals surface area contributed by atoms with Gasteiger partial charge in [0.05, 0.1) is 6.04 Å². The van der Waals surface area contributed by atoms with Crippen LogP contribution in [0.1, 0.15) is 34.9 Å². The number of benzene rings is 1. The Balaban J connectivity index is 1.50. The van der Waals surface area contributed by atoms with Gasteiger partial charge in [0.2, 0.25) is 5.78 Å². The maximum atomic E-state index is 13.3. The molecule has 0 aliphatic carbocycles. The molecule has 0 bridgehead atoms. The molecule has 4 rings (SSSR count). The van der Waals surface area contributed by atoms with Crippen LogP contribution in [0.2, 0.25) is 0 Å². The Morgan fingerprint density at radius 1 is 1.23 bits per heavy atom. The predicted octanol–water partition coefficient (Wildman–Crippen LogP) is 2.44. The van der Waals surface area contributed by atoms with Crippen molar-refractivity contribution in [2.45, 2.75) is 18.9 Å². The molecule has 1 amide bonds. The summed E-state index contributed by atoms with van der Waals surface area (Å²) in [4.78, 5) is 23.2. The molecule has 0 spiro atoms. The van der Waals surface area contributed by atoms with Crippen molar-refractivity contribution in [2.75, 3.05) is 19.6 Å². The van der Waals surface area contributed by atoms with Crippen molar-refractivity contribution in [1.82, 2.24) is 24.6 Å². The molecule has 0 saturated carbocycles. The molecule has 26 heavy (non-hydrogen) atoms. The summed E-state index contributed by atoms with van der Waals surface area (Å²) in [6.07, 6.45) is 7.40. The molecule has 1 aromatic carbocycles. The van der Waals surface area contributed by atoms with Crippen LogP contribution in [0, 0.1) is 5.82 Å². The van der Waals surface area contributed by atoms with E-state index in [1.54, 1.807) is 41.2 Å². The standard InChI is InChI=1S/C19H20FN5O/c20-15-6-4-14(5-7-15)17(24-9-1-2-10-24)12-22-18(26)16-13-25-11-3-8-21-19(25)23-16/h3-8,11,13,17H,1-2,9-10,12H2,(H,22,26)/t17-/m1/s1. The number of carbonyl (C=O) groups excluding carboxylic acids is 1. The van der Waals surface area contributed by atoms with Gasteiger partial charge in [0, 0.05) is 25.1 Å². The lowest BCUT2D eigenvalue weighted by Crippen LogP contribution is -2.37. The van der Waals surface area contributed by atoms with Gasteiger partial charge in [0.25, 0.3) is 5.91 Å². The Labute approximate surface area is 150 Å². The summed E-state index contributed by atoms with van der Waals surface area (Å²) in [5.74, 6) is 0.00393. The fourth-order valence-electron chi connectivity index (χ4n) is 3.42. The number of halogens is 1. The zero-order chi connectivity index (χ0) is 17.9. The lowest BCUT2D eigenvalue weighted by atomic mass is 10.1. The van der Waals surface area contributed by atoms with Crippen molar-refractivity contribution in [3.8, 4) is 0 Å². The third-order valence-corrected chi connectivity index (χ3v) is 4.76. The third-order valence-electron chi connectivity index (χ3n) is 4.76. The van der Waals surface area contributed by atoms with Gasteiger partial charge in [-0.1, -0.05) is 12.1 Å². The van der Waals surface area contributed by atoms with Gasteiger partial charge < -0.3 is 5.32 Å². The molecule has 6 nitrogen and oxygen atoms in total. The first-order chi connectivity index (χ1) is 12.7. The van der Waals surface area contributed by atoms with Crippen LogP contribution in [0.4, 0.5) is 4.39 Å². The number of imidazole rings is 1. The minimum Gasteiger partial charge on any atom is -0.349 e. The van der Waals surface area contributed by atoms with Gasteiger partial charge in [0.1, 0.15) is 11.5 Å². The van der Waals surface area contributed by atoms with E-state index in [-0.39, 0.29) is 17.8 Å². The summed E-state index contributed by atoms with van der Waals surface area (Å²) in [7, 11) is 0. The first-order valence-electron chi connectivity index (χ1n) is 8.78. The number of nitrogens with zero attached hydrogens (tertiary/aromatic N) is 4. The molecular weight excluding hydrogens is 333 g/mol. The minimum atomic E-state index is -0.254.